The molecule has 0 aromatic heterocycles. The summed E-state index contributed by atoms with van der Waals surface area (Å²) >= 11 is 0. The van der Waals surface area contributed by atoms with Crippen molar-refractivity contribution in [3.8, 4) is 17.2 Å². The molecule has 2 aliphatic rings. The van der Waals surface area contributed by atoms with Crippen LogP contribution in [0, 0.1) is 11.3 Å². The quantitative estimate of drug-likeness (QED) is 0.873. The maximum absolute atomic E-state index is 12.4. The molecule has 2 atom stereocenters. The van der Waals surface area contributed by atoms with Crippen LogP contribution >= 0.6 is 0 Å². The fourth-order valence-corrected chi connectivity index (χ4v) is 3.84. The number of hydrogen-bond acceptors (Lipinski definition) is 4. The van der Waals surface area contributed by atoms with Gasteiger partial charge in [0.25, 0.3) is 0 Å². The summed E-state index contributed by atoms with van der Waals surface area (Å²) < 4.78 is 0. The van der Waals surface area contributed by atoms with E-state index in [2.05, 4.69) is 47.6 Å². The summed E-state index contributed by atoms with van der Waals surface area (Å²) in [6.45, 7) is 4.03. The minimum absolute atomic E-state index is 0.218. The number of rotatable bonds is 5. The molecule has 1 saturated carbocycles. The number of benzene rings is 2. The van der Waals surface area contributed by atoms with Gasteiger partial charge in [0.05, 0.1) is 18.2 Å². The fraction of sp³-hybridized carbons (Fsp3) is 0.391. The summed E-state index contributed by atoms with van der Waals surface area (Å²) in [5.74, 6) is 0.713. The predicted molar refractivity (Wildman–Crippen MR) is 110 cm³/mol. The molecule has 1 amide bonds. The average molecular weight is 374 g/mol. The minimum Gasteiger partial charge on any atom is -0.339 e. The summed E-state index contributed by atoms with van der Waals surface area (Å²) in [5, 5.41) is 12.3. The van der Waals surface area contributed by atoms with Gasteiger partial charge in [0.2, 0.25) is 5.91 Å². The number of nitrogens with zero attached hydrogens (tertiary/aromatic N) is 3. The van der Waals surface area contributed by atoms with Crippen LogP contribution in [0.4, 0.5) is 0 Å². The van der Waals surface area contributed by atoms with Crippen LogP contribution in [0.5, 0.6) is 0 Å². The molecular formula is C23H26N4O. The number of piperazine rings is 1. The van der Waals surface area contributed by atoms with Crippen molar-refractivity contribution in [2.24, 2.45) is 0 Å². The first-order chi connectivity index (χ1) is 13.6. The molecule has 1 aliphatic carbocycles. The molecule has 0 radical (unpaired) electrons. The van der Waals surface area contributed by atoms with Crippen molar-refractivity contribution in [1.82, 2.24) is 15.1 Å². The van der Waals surface area contributed by atoms with Crippen molar-refractivity contribution in [1.29, 1.82) is 5.26 Å². The third-order valence-corrected chi connectivity index (χ3v) is 5.85. The monoisotopic (exact) mass is 374 g/mol. The molecule has 28 heavy (non-hydrogen) atoms. The predicted octanol–water partition coefficient (Wildman–Crippen LogP) is 2.44. The summed E-state index contributed by atoms with van der Waals surface area (Å²) in [6, 6.07) is 18.9. The second-order valence-electron chi connectivity index (χ2n) is 7.82. The zero-order valence-electron chi connectivity index (χ0n) is 16.3. The standard InChI is InChI=1S/C23H26N4O/c1-26-10-12-27(13-11-26)23(28)16-25-22-14-21(22)20-8-6-19(7-9-20)18-4-2-17(15-24)3-5-18/h2-9,21-22,25H,10-14,16H2,1H3/t21-,22+/m1/s1. The summed E-state index contributed by atoms with van der Waals surface area (Å²) in [7, 11) is 2.10. The van der Waals surface area contributed by atoms with Gasteiger partial charge >= 0.3 is 0 Å². The molecule has 2 fully saturated rings. The van der Waals surface area contributed by atoms with Gasteiger partial charge in [0.1, 0.15) is 0 Å². The van der Waals surface area contributed by atoms with Gasteiger partial charge in [0.15, 0.2) is 0 Å². The molecule has 144 valence electrons. The number of nitriles is 1. The summed E-state index contributed by atoms with van der Waals surface area (Å²) in [6.07, 6.45) is 1.09. The Morgan fingerprint density at radius 1 is 1.04 bits per heavy atom. The molecule has 1 aliphatic heterocycles. The zero-order valence-corrected chi connectivity index (χ0v) is 16.3. The van der Waals surface area contributed by atoms with Gasteiger partial charge in [-0.1, -0.05) is 36.4 Å². The van der Waals surface area contributed by atoms with Gasteiger partial charge in [-0.25, -0.2) is 0 Å². The van der Waals surface area contributed by atoms with Crippen LogP contribution < -0.4 is 5.32 Å². The van der Waals surface area contributed by atoms with Crippen molar-refractivity contribution < 1.29 is 4.79 Å². The van der Waals surface area contributed by atoms with Crippen LogP contribution in [-0.2, 0) is 4.79 Å². The minimum atomic E-state index is 0.218. The molecule has 0 bridgehead atoms. The highest BCUT2D eigenvalue weighted by Gasteiger charge is 2.38. The highest BCUT2D eigenvalue weighted by molar-refractivity contribution is 5.78. The highest BCUT2D eigenvalue weighted by atomic mass is 16.2. The summed E-state index contributed by atoms with van der Waals surface area (Å²) in [5.41, 5.74) is 4.28. The second kappa shape index (κ2) is 8.14. The summed E-state index contributed by atoms with van der Waals surface area (Å²) in [4.78, 5) is 16.6. The Labute approximate surface area is 166 Å². The Morgan fingerprint density at radius 2 is 1.64 bits per heavy atom. The van der Waals surface area contributed by atoms with Crippen LogP contribution in [0.1, 0.15) is 23.5 Å². The van der Waals surface area contributed by atoms with Gasteiger partial charge in [-0.3, -0.25) is 4.79 Å². The topological polar surface area (TPSA) is 59.4 Å². The Kier molecular flexibility index (Phi) is 5.43. The average Bonchev–Trinajstić information content (AvgIpc) is 3.52. The SMILES string of the molecule is CN1CCN(C(=O)CN[C@H]2C[C@@H]2c2ccc(-c3ccc(C#N)cc3)cc2)CC1. The normalized spacial score (nSPS) is 21.9. The van der Waals surface area contributed by atoms with Crippen molar-refractivity contribution in [3.63, 3.8) is 0 Å². The van der Waals surface area contributed by atoms with E-state index in [-0.39, 0.29) is 5.91 Å². The Hall–Kier alpha value is -2.68. The lowest BCUT2D eigenvalue weighted by molar-refractivity contribution is -0.131. The lowest BCUT2D eigenvalue weighted by Gasteiger charge is -2.32. The molecule has 4 rings (SSSR count). The smallest absolute Gasteiger partial charge is 0.236 e. The van der Waals surface area contributed by atoms with E-state index in [0.717, 1.165) is 43.7 Å². The van der Waals surface area contributed by atoms with E-state index >= 15 is 0 Å². The molecule has 1 N–H and O–H groups in total. The molecule has 2 aromatic carbocycles. The van der Waals surface area contributed by atoms with Crippen molar-refractivity contribution in [2.45, 2.75) is 18.4 Å². The lowest BCUT2D eigenvalue weighted by Crippen LogP contribution is -2.49. The first-order valence-electron chi connectivity index (χ1n) is 9.94. The first-order valence-corrected chi connectivity index (χ1v) is 9.94. The van der Waals surface area contributed by atoms with Crippen LogP contribution in [0.25, 0.3) is 11.1 Å². The Balaban J connectivity index is 1.28. The van der Waals surface area contributed by atoms with Crippen LogP contribution in [-0.4, -0.2) is 61.5 Å². The van der Waals surface area contributed by atoms with Gasteiger partial charge in [0, 0.05) is 38.1 Å². The zero-order chi connectivity index (χ0) is 19.5. The number of amides is 1. The van der Waals surface area contributed by atoms with E-state index in [1.165, 1.54) is 5.56 Å². The van der Waals surface area contributed by atoms with E-state index in [9.17, 15) is 4.79 Å². The molecule has 2 aromatic rings. The first kappa shape index (κ1) is 18.7. The largest absolute Gasteiger partial charge is 0.339 e. The maximum Gasteiger partial charge on any atom is 0.236 e. The van der Waals surface area contributed by atoms with Gasteiger partial charge < -0.3 is 15.1 Å². The maximum atomic E-state index is 12.4. The highest BCUT2D eigenvalue weighted by Crippen LogP contribution is 2.41. The van der Waals surface area contributed by atoms with Crippen molar-refractivity contribution in [3.05, 3.63) is 59.7 Å². The van der Waals surface area contributed by atoms with E-state index < -0.39 is 0 Å². The number of carbonyl (C=O) groups is 1. The lowest BCUT2D eigenvalue weighted by atomic mass is 10.0. The number of carbonyl (C=O) groups excluding carboxylic acids is 1. The molecule has 0 spiro atoms. The van der Waals surface area contributed by atoms with Crippen LogP contribution in [0.3, 0.4) is 0 Å². The molecule has 5 heteroatoms. The molecule has 1 heterocycles. The molecule has 5 nitrogen and oxygen atoms in total. The van der Waals surface area contributed by atoms with Crippen molar-refractivity contribution >= 4 is 5.91 Å². The van der Waals surface area contributed by atoms with Gasteiger partial charge in [-0.15, -0.1) is 0 Å². The Bertz CT molecular complexity index is 861. The molecular weight excluding hydrogens is 348 g/mol. The third kappa shape index (κ3) is 4.24. The van der Waals surface area contributed by atoms with Gasteiger partial charge in [-0.05, 0) is 42.3 Å². The number of hydrogen-bond donors (Lipinski definition) is 1. The fourth-order valence-electron chi connectivity index (χ4n) is 3.84. The number of nitrogens with one attached hydrogen (secondary N) is 1. The van der Waals surface area contributed by atoms with E-state index in [1.807, 2.05) is 29.2 Å². The third-order valence-electron chi connectivity index (χ3n) is 5.85. The van der Waals surface area contributed by atoms with E-state index in [4.69, 9.17) is 5.26 Å². The number of likely N-dealkylation sites (N-methyl/N-ethyl adjacent to an activating group) is 1. The van der Waals surface area contributed by atoms with Crippen LogP contribution in [0.2, 0.25) is 0 Å². The second-order valence-corrected chi connectivity index (χ2v) is 7.82. The molecule has 1 saturated heterocycles. The molecule has 0 unspecified atom stereocenters. The van der Waals surface area contributed by atoms with Gasteiger partial charge in [-0.2, -0.15) is 5.26 Å². The van der Waals surface area contributed by atoms with E-state index in [1.54, 1.807) is 0 Å². The van der Waals surface area contributed by atoms with Crippen LogP contribution in [0.15, 0.2) is 48.5 Å². The van der Waals surface area contributed by atoms with Crippen molar-refractivity contribution in [2.75, 3.05) is 39.8 Å². The Morgan fingerprint density at radius 3 is 2.25 bits per heavy atom. The van der Waals surface area contributed by atoms with E-state index in [0.29, 0.717) is 24.1 Å².